The summed E-state index contributed by atoms with van der Waals surface area (Å²) >= 11 is 0. The van der Waals surface area contributed by atoms with E-state index in [2.05, 4.69) is 15.5 Å². The van der Waals surface area contributed by atoms with Gasteiger partial charge in [-0.05, 0) is 42.5 Å². The van der Waals surface area contributed by atoms with Gasteiger partial charge < -0.3 is 9.15 Å². The number of carbonyl (C=O) groups is 1. The van der Waals surface area contributed by atoms with Gasteiger partial charge in [0.2, 0.25) is 15.9 Å². The largest absolute Gasteiger partial charge is 0.403 e. The second kappa shape index (κ2) is 8.30. The maximum absolute atomic E-state index is 13.3. The summed E-state index contributed by atoms with van der Waals surface area (Å²) < 4.78 is 50.4. The number of halogens is 1. The quantitative estimate of drug-likeness (QED) is 0.657. The number of rotatable bonds is 5. The van der Waals surface area contributed by atoms with E-state index in [4.69, 9.17) is 9.15 Å². The van der Waals surface area contributed by atoms with Crippen molar-refractivity contribution in [1.82, 2.24) is 14.5 Å². The van der Waals surface area contributed by atoms with E-state index in [1.807, 2.05) is 0 Å². The van der Waals surface area contributed by atoms with Crippen LogP contribution in [-0.4, -0.2) is 55.1 Å². The van der Waals surface area contributed by atoms with Crippen LogP contribution in [0.4, 0.5) is 10.4 Å². The number of aromatic nitrogens is 2. The van der Waals surface area contributed by atoms with Crippen LogP contribution in [0.15, 0.2) is 57.8 Å². The van der Waals surface area contributed by atoms with E-state index < -0.39 is 21.7 Å². The molecule has 11 heteroatoms. The van der Waals surface area contributed by atoms with E-state index in [-0.39, 0.29) is 35.5 Å². The Hall–Kier alpha value is -3.15. The molecule has 1 aliphatic heterocycles. The zero-order valence-corrected chi connectivity index (χ0v) is 16.4. The van der Waals surface area contributed by atoms with Gasteiger partial charge in [0.05, 0.1) is 18.1 Å². The molecule has 0 spiro atoms. The van der Waals surface area contributed by atoms with Crippen LogP contribution in [-0.2, 0) is 14.8 Å². The van der Waals surface area contributed by atoms with Gasteiger partial charge in [-0.1, -0.05) is 11.2 Å². The van der Waals surface area contributed by atoms with Crippen molar-refractivity contribution in [1.29, 1.82) is 0 Å². The van der Waals surface area contributed by atoms with Crippen molar-refractivity contribution >= 4 is 21.9 Å². The van der Waals surface area contributed by atoms with Gasteiger partial charge >= 0.3 is 6.01 Å². The Kier molecular flexibility index (Phi) is 5.57. The van der Waals surface area contributed by atoms with E-state index in [1.165, 1.54) is 46.8 Å². The van der Waals surface area contributed by atoms with Gasteiger partial charge in [0.25, 0.3) is 5.91 Å². The molecule has 9 nitrogen and oxygen atoms in total. The molecule has 0 bridgehead atoms. The summed E-state index contributed by atoms with van der Waals surface area (Å²) in [5.41, 5.74) is 0.585. The van der Waals surface area contributed by atoms with E-state index in [0.717, 1.165) is 0 Å². The van der Waals surface area contributed by atoms with Gasteiger partial charge in [0, 0.05) is 24.2 Å². The molecule has 1 fully saturated rings. The first-order valence-corrected chi connectivity index (χ1v) is 10.5. The summed E-state index contributed by atoms with van der Waals surface area (Å²) in [6, 6.07) is 11.0. The molecule has 2 heterocycles. The maximum Gasteiger partial charge on any atom is 0.322 e. The zero-order valence-electron chi connectivity index (χ0n) is 15.6. The Labute approximate surface area is 171 Å². The van der Waals surface area contributed by atoms with E-state index in [1.54, 1.807) is 6.07 Å². The number of amides is 1. The van der Waals surface area contributed by atoms with Crippen molar-refractivity contribution in [2.24, 2.45) is 0 Å². The lowest BCUT2D eigenvalue weighted by atomic mass is 10.2. The second-order valence-corrected chi connectivity index (χ2v) is 8.36. The average molecular weight is 432 g/mol. The molecule has 3 aromatic rings. The number of nitrogens with one attached hydrogen (secondary N) is 1. The highest BCUT2D eigenvalue weighted by atomic mass is 32.2. The molecule has 1 N–H and O–H groups in total. The van der Waals surface area contributed by atoms with Crippen LogP contribution >= 0.6 is 0 Å². The fourth-order valence-electron chi connectivity index (χ4n) is 2.90. The first-order chi connectivity index (χ1) is 14.4. The Bertz CT molecular complexity index is 1160. The Morgan fingerprint density at radius 2 is 1.80 bits per heavy atom. The summed E-state index contributed by atoms with van der Waals surface area (Å²) in [4.78, 5) is 12.5. The third-order valence-electron chi connectivity index (χ3n) is 4.44. The molecular formula is C19H17FN4O5S. The summed E-state index contributed by atoms with van der Waals surface area (Å²) in [5.74, 6) is -0.958. The molecular weight excluding hydrogens is 415 g/mol. The summed E-state index contributed by atoms with van der Waals surface area (Å²) in [7, 11) is -3.64. The molecule has 1 saturated heterocycles. The fraction of sp³-hybridized carbons (Fsp3) is 0.211. The molecule has 1 aromatic heterocycles. The fourth-order valence-corrected chi connectivity index (χ4v) is 4.30. The maximum atomic E-state index is 13.3. The monoisotopic (exact) mass is 432 g/mol. The number of nitrogens with zero attached hydrogens (tertiary/aromatic N) is 3. The molecule has 4 rings (SSSR count). The highest BCUT2D eigenvalue weighted by Crippen LogP contribution is 2.21. The number of ether oxygens (including phenoxy) is 1. The lowest BCUT2D eigenvalue weighted by molar-refractivity contribution is 0.0730. The van der Waals surface area contributed by atoms with Gasteiger partial charge in [0.15, 0.2) is 0 Å². The average Bonchev–Trinajstić information content (AvgIpc) is 3.23. The molecule has 0 aliphatic carbocycles. The van der Waals surface area contributed by atoms with Crippen molar-refractivity contribution < 1.29 is 26.8 Å². The number of anilines is 1. The molecule has 0 radical (unpaired) electrons. The Morgan fingerprint density at radius 3 is 2.50 bits per heavy atom. The second-order valence-electron chi connectivity index (χ2n) is 6.42. The highest BCUT2D eigenvalue weighted by molar-refractivity contribution is 7.89. The van der Waals surface area contributed by atoms with Crippen LogP contribution in [0.5, 0.6) is 0 Å². The zero-order chi connectivity index (χ0) is 21.1. The summed E-state index contributed by atoms with van der Waals surface area (Å²) in [6.07, 6.45) is 0. The molecule has 2 aromatic carbocycles. The lowest BCUT2D eigenvalue weighted by Gasteiger charge is -2.26. The smallest absolute Gasteiger partial charge is 0.322 e. The number of sulfonamides is 1. The predicted octanol–water partition coefficient (Wildman–Crippen LogP) is 2.15. The molecule has 30 heavy (non-hydrogen) atoms. The van der Waals surface area contributed by atoms with Gasteiger partial charge in [-0.15, -0.1) is 5.10 Å². The summed E-state index contributed by atoms with van der Waals surface area (Å²) in [6.45, 7) is 1.27. The van der Waals surface area contributed by atoms with Crippen LogP contribution in [0, 0.1) is 5.82 Å². The van der Waals surface area contributed by atoms with Crippen LogP contribution in [0.1, 0.15) is 10.4 Å². The normalized spacial score (nSPS) is 15.1. The molecule has 1 aliphatic rings. The van der Waals surface area contributed by atoms with Crippen LogP contribution in [0.2, 0.25) is 0 Å². The van der Waals surface area contributed by atoms with Crippen molar-refractivity contribution in [3.63, 3.8) is 0 Å². The van der Waals surface area contributed by atoms with E-state index in [9.17, 15) is 17.6 Å². The van der Waals surface area contributed by atoms with Gasteiger partial charge in [-0.25, -0.2) is 12.8 Å². The Morgan fingerprint density at radius 1 is 1.07 bits per heavy atom. The summed E-state index contributed by atoms with van der Waals surface area (Å²) in [5, 5.41) is 9.93. The number of carbonyl (C=O) groups excluding carboxylic acids is 1. The lowest BCUT2D eigenvalue weighted by Crippen LogP contribution is -2.40. The minimum atomic E-state index is -3.64. The van der Waals surface area contributed by atoms with Gasteiger partial charge in [-0.3, -0.25) is 10.1 Å². The minimum Gasteiger partial charge on any atom is -0.403 e. The molecule has 1 amide bonds. The van der Waals surface area contributed by atoms with Gasteiger partial charge in [0.1, 0.15) is 5.82 Å². The van der Waals surface area contributed by atoms with E-state index >= 15 is 0 Å². The van der Waals surface area contributed by atoms with Crippen molar-refractivity contribution in [3.8, 4) is 11.5 Å². The number of benzene rings is 2. The van der Waals surface area contributed by atoms with Crippen LogP contribution in [0.25, 0.3) is 11.5 Å². The third-order valence-corrected chi connectivity index (χ3v) is 6.35. The number of hydrogen-bond acceptors (Lipinski definition) is 7. The number of morpholine rings is 1. The Balaban J connectivity index is 1.45. The predicted molar refractivity (Wildman–Crippen MR) is 104 cm³/mol. The first kappa shape index (κ1) is 20.1. The van der Waals surface area contributed by atoms with Crippen molar-refractivity contribution in [2.75, 3.05) is 31.6 Å². The molecule has 156 valence electrons. The highest BCUT2D eigenvalue weighted by Gasteiger charge is 2.26. The molecule has 0 unspecified atom stereocenters. The van der Waals surface area contributed by atoms with Crippen molar-refractivity contribution in [2.45, 2.75) is 4.90 Å². The topological polar surface area (TPSA) is 115 Å². The molecule has 0 atom stereocenters. The standard InChI is InChI=1S/C19H17FN4O5S/c20-15-3-1-2-14(12-15)18-22-23-19(29-18)21-17(25)13-4-6-16(7-5-13)30(26,27)24-8-10-28-11-9-24/h1-7,12H,8-11H2,(H,21,23,25). The first-order valence-electron chi connectivity index (χ1n) is 9.02. The number of hydrogen-bond donors (Lipinski definition) is 1. The minimum absolute atomic E-state index is 0.0525. The van der Waals surface area contributed by atoms with Crippen LogP contribution in [0.3, 0.4) is 0 Å². The van der Waals surface area contributed by atoms with Crippen molar-refractivity contribution in [3.05, 3.63) is 59.9 Å². The van der Waals surface area contributed by atoms with Gasteiger partial charge in [-0.2, -0.15) is 4.31 Å². The van der Waals surface area contributed by atoms with E-state index in [0.29, 0.717) is 18.8 Å². The van der Waals surface area contributed by atoms with Crippen LogP contribution < -0.4 is 5.32 Å². The molecule has 0 saturated carbocycles. The SMILES string of the molecule is O=C(Nc1nnc(-c2cccc(F)c2)o1)c1ccc(S(=O)(=O)N2CCOCC2)cc1. The third kappa shape index (κ3) is 4.22.